The van der Waals surface area contributed by atoms with Gasteiger partial charge in [0.1, 0.15) is 27.3 Å². The van der Waals surface area contributed by atoms with Crippen molar-refractivity contribution in [1.82, 2.24) is 4.98 Å². The Bertz CT molecular complexity index is 2790. The summed E-state index contributed by atoms with van der Waals surface area (Å²) < 4.78 is 13.9. The lowest BCUT2D eigenvalue weighted by molar-refractivity contribution is 0.668. The lowest BCUT2D eigenvalue weighted by Crippen LogP contribution is -2.10. The molecule has 0 aliphatic carbocycles. The zero-order chi connectivity index (χ0) is 31.6. The molecule has 226 valence electrons. The van der Waals surface area contributed by atoms with E-state index < -0.39 is 0 Å². The largest absolute Gasteiger partial charge is 0.456 e. The topological polar surface area (TPSA) is 42.4 Å². The second-order valence-corrected chi connectivity index (χ2v) is 13.0. The van der Waals surface area contributed by atoms with E-state index in [0.29, 0.717) is 0 Å². The molecule has 0 saturated carbocycles. The van der Waals surface area contributed by atoms with Crippen molar-refractivity contribution in [3.05, 3.63) is 158 Å². The number of thiazole rings is 1. The predicted octanol–water partition coefficient (Wildman–Crippen LogP) is 12.9. The summed E-state index contributed by atoms with van der Waals surface area (Å²) >= 11 is 1.71. The standard InChI is InChI=1S/C43H26N2O2S/c1-3-10-27(11-4-1)29-14-9-15-30(24-29)45(32-18-20-34-33-16-7-8-17-36(33)47-39(34)26-32)31-19-21-37-35(25-31)41-38(46-37)22-23-40-42(41)44-43(48-40)28-12-5-2-6-13-28/h1-26H. The summed E-state index contributed by atoms with van der Waals surface area (Å²) in [7, 11) is 0. The minimum Gasteiger partial charge on any atom is -0.456 e. The third-order valence-electron chi connectivity index (χ3n) is 9.09. The summed E-state index contributed by atoms with van der Waals surface area (Å²) in [5.74, 6) is 0. The Hall–Kier alpha value is -6.17. The fourth-order valence-electron chi connectivity index (χ4n) is 6.84. The fourth-order valence-corrected chi connectivity index (χ4v) is 7.82. The van der Waals surface area contributed by atoms with E-state index >= 15 is 0 Å². The normalized spacial score (nSPS) is 11.8. The molecule has 0 aliphatic heterocycles. The number of anilines is 3. The number of aromatic nitrogens is 1. The highest BCUT2D eigenvalue weighted by Gasteiger charge is 2.20. The number of hydrogen-bond donors (Lipinski definition) is 0. The quantitative estimate of drug-likeness (QED) is 0.189. The van der Waals surface area contributed by atoms with E-state index in [1.165, 1.54) is 5.56 Å². The van der Waals surface area contributed by atoms with Crippen molar-refractivity contribution >= 4 is 82.5 Å². The third kappa shape index (κ3) is 4.33. The van der Waals surface area contributed by atoms with Gasteiger partial charge in [-0.3, -0.25) is 0 Å². The molecular formula is C43H26N2O2S. The van der Waals surface area contributed by atoms with Crippen LogP contribution in [-0.2, 0) is 0 Å². The molecule has 10 rings (SSSR count). The van der Waals surface area contributed by atoms with Gasteiger partial charge in [0.15, 0.2) is 0 Å². The van der Waals surface area contributed by atoms with Gasteiger partial charge in [-0.2, -0.15) is 0 Å². The van der Waals surface area contributed by atoms with Crippen molar-refractivity contribution in [3.63, 3.8) is 0 Å². The number of hydrogen-bond acceptors (Lipinski definition) is 5. The minimum atomic E-state index is 0.834. The highest BCUT2D eigenvalue weighted by atomic mass is 32.1. The second-order valence-electron chi connectivity index (χ2n) is 12.0. The van der Waals surface area contributed by atoms with Crippen LogP contribution >= 0.6 is 11.3 Å². The first-order valence-electron chi connectivity index (χ1n) is 15.9. The molecule has 0 saturated heterocycles. The van der Waals surface area contributed by atoms with Gasteiger partial charge in [0, 0.05) is 44.9 Å². The van der Waals surface area contributed by atoms with Gasteiger partial charge in [-0.05, 0) is 71.8 Å². The number of para-hydroxylation sites is 1. The first kappa shape index (κ1) is 27.0. The zero-order valence-corrected chi connectivity index (χ0v) is 26.4. The Labute approximate surface area is 279 Å². The number of fused-ring (bicyclic) bond motifs is 8. The average Bonchev–Trinajstić information content (AvgIpc) is 3.85. The molecule has 7 aromatic carbocycles. The van der Waals surface area contributed by atoms with Crippen LogP contribution in [0.25, 0.3) is 75.8 Å². The number of nitrogens with zero attached hydrogens (tertiary/aromatic N) is 2. The molecule has 0 amide bonds. The first-order valence-corrected chi connectivity index (χ1v) is 16.8. The van der Waals surface area contributed by atoms with Gasteiger partial charge in [0.05, 0.1) is 15.6 Å². The zero-order valence-electron chi connectivity index (χ0n) is 25.6. The SMILES string of the molecule is c1ccc(-c2cccc(N(c3ccc4c(c3)oc3ccccc34)c3ccc4oc5ccc6sc(-c7ccccc7)nc6c5c4c3)c2)cc1. The lowest BCUT2D eigenvalue weighted by atomic mass is 10.0. The molecule has 0 spiro atoms. The highest BCUT2D eigenvalue weighted by Crippen LogP contribution is 2.44. The highest BCUT2D eigenvalue weighted by molar-refractivity contribution is 7.21. The monoisotopic (exact) mass is 634 g/mol. The van der Waals surface area contributed by atoms with Crippen molar-refractivity contribution in [3.8, 4) is 21.7 Å². The Morgan fingerprint density at radius 1 is 0.438 bits per heavy atom. The van der Waals surface area contributed by atoms with E-state index in [4.69, 9.17) is 13.8 Å². The molecule has 0 radical (unpaired) electrons. The van der Waals surface area contributed by atoms with Crippen LogP contribution in [0.2, 0.25) is 0 Å². The molecule has 0 aliphatic rings. The van der Waals surface area contributed by atoms with Crippen LogP contribution in [-0.4, -0.2) is 4.98 Å². The summed E-state index contributed by atoms with van der Waals surface area (Å²) in [6, 6.07) is 54.9. The summed E-state index contributed by atoms with van der Waals surface area (Å²) in [4.78, 5) is 7.46. The third-order valence-corrected chi connectivity index (χ3v) is 10.2. The van der Waals surface area contributed by atoms with E-state index in [2.05, 4.69) is 144 Å². The maximum Gasteiger partial charge on any atom is 0.137 e. The fraction of sp³-hybridized carbons (Fsp3) is 0. The van der Waals surface area contributed by atoms with Gasteiger partial charge in [-0.25, -0.2) is 4.98 Å². The number of rotatable bonds is 5. The van der Waals surface area contributed by atoms with E-state index in [1.807, 2.05) is 18.2 Å². The van der Waals surface area contributed by atoms with Crippen LogP contribution in [0, 0.1) is 0 Å². The summed E-state index contributed by atoms with van der Waals surface area (Å²) in [5.41, 5.74) is 10.9. The van der Waals surface area contributed by atoms with Crippen LogP contribution in [0.4, 0.5) is 17.1 Å². The van der Waals surface area contributed by atoms with Crippen molar-refractivity contribution < 1.29 is 8.83 Å². The smallest absolute Gasteiger partial charge is 0.137 e. The van der Waals surface area contributed by atoms with Crippen LogP contribution < -0.4 is 4.90 Å². The Kier molecular flexibility index (Phi) is 6.01. The van der Waals surface area contributed by atoms with Crippen LogP contribution in [0.15, 0.2) is 167 Å². The van der Waals surface area contributed by atoms with Crippen LogP contribution in [0.1, 0.15) is 0 Å². The summed E-state index contributed by atoms with van der Waals surface area (Å²) in [6.07, 6.45) is 0. The minimum absolute atomic E-state index is 0.834. The lowest BCUT2D eigenvalue weighted by Gasteiger charge is -2.26. The van der Waals surface area contributed by atoms with Gasteiger partial charge in [0.25, 0.3) is 0 Å². The maximum absolute atomic E-state index is 6.42. The molecular weight excluding hydrogens is 609 g/mol. The predicted molar refractivity (Wildman–Crippen MR) is 200 cm³/mol. The summed E-state index contributed by atoms with van der Waals surface area (Å²) in [6.45, 7) is 0. The summed E-state index contributed by atoms with van der Waals surface area (Å²) in [5, 5.41) is 5.29. The first-order chi connectivity index (χ1) is 23.8. The molecule has 10 aromatic rings. The Morgan fingerprint density at radius 3 is 1.96 bits per heavy atom. The molecule has 3 aromatic heterocycles. The van der Waals surface area contributed by atoms with Crippen molar-refractivity contribution in [1.29, 1.82) is 0 Å². The van der Waals surface area contributed by atoms with Crippen molar-refractivity contribution in [2.24, 2.45) is 0 Å². The molecule has 5 heteroatoms. The average molecular weight is 635 g/mol. The van der Waals surface area contributed by atoms with Crippen molar-refractivity contribution in [2.75, 3.05) is 4.90 Å². The molecule has 0 bridgehead atoms. The van der Waals surface area contributed by atoms with E-state index in [-0.39, 0.29) is 0 Å². The van der Waals surface area contributed by atoms with Gasteiger partial charge in [-0.15, -0.1) is 11.3 Å². The molecule has 0 fully saturated rings. The molecule has 0 atom stereocenters. The molecule has 0 N–H and O–H groups in total. The van der Waals surface area contributed by atoms with Gasteiger partial charge in [-0.1, -0.05) is 91.0 Å². The molecule has 3 heterocycles. The van der Waals surface area contributed by atoms with Gasteiger partial charge < -0.3 is 13.7 Å². The molecule has 4 nitrogen and oxygen atoms in total. The van der Waals surface area contributed by atoms with Crippen LogP contribution in [0.5, 0.6) is 0 Å². The molecule has 0 unspecified atom stereocenters. The maximum atomic E-state index is 6.42. The van der Waals surface area contributed by atoms with Crippen LogP contribution in [0.3, 0.4) is 0 Å². The van der Waals surface area contributed by atoms with E-state index in [9.17, 15) is 0 Å². The van der Waals surface area contributed by atoms with Gasteiger partial charge in [0.2, 0.25) is 0 Å². The second kappa shape index (κ2) is 10.7. The Morgan fingerprint density at radius 2 is 1.08 bits per heavy atom. The Balaban J connectivity index is 1.19. The number of benzene rings is 7. The van der Waals surface area contributed by atoms with Crippen molar-refractivity contribution in [2.45, 2.75) is 0 Å². The van der Waals surface area contributed by atoms with E-state index in [1.54, 1.807) is 11.3 Å². The van der Waals surface area contributed by atoms with E-state index in [0.717, 1.165) is 87.3 Å². The molecule has 48 heavy (non-hydrogen) atoms. The number of furan rings is 2. The van der Waals surface area contributed by atoms with Gasteiger partial charge >= 0.3 is 0 Å².